The minimum absolute atomic E-state index is 0.0118. The highest BCUT2D eigenvalue weighted by Crippen LogP contribution is 2.37. The molecule has 28 heavy (non-hydrogen) atoms. The van der Waals surface area contributed by atoms with E-state index in [2.05, 4.69) is 15.1 Å². The predicted molar refractivity (Wildman–Crippen MR) is 107 cm³/mol. The van der Waals surface area contributed by atoms with Gasteiger partial charge in [0.15, 0.2) is 5.88 Å². The molecule has 0 atom stereocenters. The largest absolute Gasteiger partial charge is 0.496 e. The Kier molecular flexibility index (Phi) is 4.35. The number of benzene rings is 2. The lowest BCUT2D eigenvalue weighted by atomic mass is 10.00. The molecular formula is C21H19FN4O2. The van der Waals surface area contributed by atoms with Gasteiger partial charge >= 0.3 is 0 Å². The van der Waals surface area contributed by atoms with Crippen molar-refractivity contribution in [1.29, 1.82) is 0 Å². The van der Waals surface area contributed by atoms with Crippen LogP contribution in [0.2, 0.25) is 0 Å². The number of methoxy groups -OCH3 is 1. The molecule has 0 radical (unpaired) electrons. The van der Waals surface area contributed by atoms with E-state index >= 15 is 0 Å². The Balaban J connectivity index is 1.89. The van der Waals surface area contributed by atoms with Gasteiger partial charge in [-0.25, -0.2) is 9.38 Å². The van der Waals surface area contributed by atoms with Crippen molar-refractivity contribution in [1.82, 2.24) is 14.8 Å². The summed E-state index contributed by atoms with van der Waals surface area (Å²) in [6.07, 6.45) is 3.43. The van der Waals surface area contributed by atoms with Crippen molar-refractivity contribution in [3.05, 3.63) is 60.2 Å². The van der Waals surface area contributed by atoms with Crippen LogP contribution >= 0.6 is 0 Å². The Morgan fingerprint density at radius 3 is 2.82 bits per heavy atom. The zero-order valence-electron chi connectivity index (χ0n) is 15.7. The van der Waals surface area contributed by atoms with E-state index in [-0.39, 0.29) is 11.7 Å². The molecule has 0 bridgehead atoms. The fourth-order valence-electron chi connectivity index (χ4n) is 3.37. The van der Waals surface area contributed by atoms with E-state index in [1.807, 2.05) is 20.0 Å². The van der Waals surface area contributed by atoms with Crippen molar-refractivity contribution in [2.45, 2.75) is 6.92 Å². The van der Waals surface area contributed by atoms with Crippen molar-refractivity contribution >= 4 is 22.3 Å². The van der Waals surface area contributed by atoms with Crippen molar-refractivity contribution in [2.75, 3.05) is 7.11 Å². The van der Waals surface area contributed by atoms with Crippen molar-refractivity contribution in [3.8, 4) is 22.8 Å². The molecule has 2 heterocycles. The second kappa shape index (κ2) is 6.84. The number of aryl methyl sites for hydroxylation is 1. The first kappa shape index (κ1) is 17.8. The summed E-state index contributed by atoms with van der Waals surface area (Å²) in [6.45, 7) is 1.81. The number of nitrogens with zero attached hydrogens (tertiary/aromatic N) is 3. The number of nitrogens with one attached hydrogen (secondary N) is 1. The molecule has 0 spiro atoms. The van der Waals surface area contributed by atoms with E-state index < -0.39 is 0 Å². The van der Waals surface area contributed by atoms with Crippen molar-refractivity contribution < 1.29 is 14.2 Å². The number of H-pyrrole nitrogens is 1. The average molecular weight is 378 g/mol. The van der Waals surface area contributed by atoms with Gasteiger partial charge in [-0.1, -0.05) is 12.1 Å². The fourth-order valence-corrected chi connectivity index (χ4v) is 3.37. The van der Waals surface area contributed by atoms with Crippen LogP contribution in [0.1, 0.15) is 12.5 Å². The van der Waals surface area contributed by atoms with Gasteiger partial charge < -0.3 is 14.8 Å². The number of hydrogen-bond acceptors (Lipinski definition) is 4. The summed E-state index contributed by atoms with van der Waals surface area (Å²) < 4.78 is 21.5. The first-order chi connectivity index (χ1) is 13.5. The lowest BCUT2D eigenvalue weighted by Crippen LogP contribution is -1.94. The third-order valence-corrected chi connectivity index (χ3v) is 4.61. The lowest BCUT2D eigenvalue weighted by molar-refractivity contribution is 0.413. The second-order valence-corrected chi connectivity index (χ2v) is 6.50. The van der Waals surface area contributed by atoms with Crippen molar-refractivity contribution in [3.63, 3.8) is 0 Å². The maximum Gasteiger partial charge on any atom is 0.198 e. The number of aromatic nitrogens is 3. The molecule has 2 N–H and O–H groups in total. The van der Waals surface area contributed by atoms with E-state index in [4.69, 9.17) is 4.74 Å². The molecule has 2 aromatic heterocycles. The van der Waals surface area contributed by atoms with Crippen LogP contribution in [-0.4, -0.2) is 32.7 Å². The maximum atomic E-state index is 14.5. The van der Waals surface area contributed by atoms with Gasteiger partial charge in [0.1, 0.15) is 17.3 Å². The zero-order valence-corrected chi connectivity index (χ0v) is 15.7. The summed E-state index contributed by atoms with van der Waals surface area (Å²) >= 11 is 0. The number of aliphatic imine (C=N–C) groups is 1. The number of aromatic hydroxyl groups is 1. The molecule has 0 saturated heterocycles. The van der Waals surface area contributed by atoms with Gasteiger partial charge in [-0.15, -0.1) is 0 Å². The lowest BCUT2D eigenvalue weighted by Gasteiger charge is -2.10. The van der Waals surface area contributed by atoms with Crippen LogP contribution in [0.15, 0.2) is 53.8 Å². The SMILES string of the molecule is COc1cccc(F)c1-c1ccc2[nH]c(O)c(C(C)=Nc3cnn(C)c3)c2c1. The van der Waals surface area contributed by atoms with Crippen molar-refractivity contribution in [2.24, 2.45) is 12.0 Å². The Hall–Kier alpha value is -3.61. The molecule has 7 heteroatoms. The van der Waals surface area contributed by atoms with Gasteiger partial charge in [-0.3, -0.25) is 4.68 Å². The summed E-state index contributed by atoms with van der Waals surface area (Å²) in [4.78, 5) is 7.49. The third kappa shape index (κ3) is 3.00. The number of halogens is 1. The molecule has 0 fully saturated rings. The third-order valence-electron chi connectivity index (χ3n) is 4.61. The minimum Gasteiger partial charge on any atom is -0.496 e. The first-order valence-corrected chi connectivity index (χ1v) is 8.70. The monoisotopic (exact) mass is 378 g/mol. The van der Waals surface area contributed by atoms with Gasteiger partial charge in [-0.05, 0) is 36.8 Å². The van der Waals surface area contributed by atoms with Gasteiger partial charge in [0, 0.05) is 18.0 Å². The quantitative estimate of drug-likeness (QED) is 0.511. The van der Waals surface area contributed by atoms with Crippen LogP contribution in [0.5, 0.6) is 11.6 Å². The summed E-state index contributed by atoms with van der Waals surface area (Å²) in [5.41, 5.74) is 3.62. The highest BCUT2D eigenvalue weighted by atomic mass is 19.1. The molecule has 0 aliphatic carbocycles. The molecule has 142 valence electrons. The Bertz CT molecular complexity index is 1210. The molecule has 0 amide bonds. The molecule has 4 aromatic rings. The number of rotatable bonds is 4. The van der Waals surface area contributed by atoms with Crippen LogP contribution in [0.3, 0.4) is 0 Å². The van der Waals surface area contributed by atoms with E-state index in [1.54, 1.807) is 41.3 Å². The van der Waals surface area contributed by atoms with E-state index in [0.717, 1.165) is 10.9 Å². The number of ether oxygens (including phenoxy) is 1. The number of hydrogen-bond donors (Lipinski definition) is 2. The molecule has 4 rings (SSSR count). The summed E-state index contributed by atoms with van der Waals surface area (Å²) in [5, 5.41) is 15.3. The fraction of sp³-hybridized carbons (Fsp3) is 0.143. The molecular weight excluding hydrogens is 359 g/mol. The molecule has 2 aromatic carbocycles. The molecule has 0 unspecified atom stereocenters. The van der Waals surface area contributed by atoms with Gasteiger partial charge in [0.25, 0.3) is 0 Å². The first-order valence-electron chi connectivity index (χ1n) is 8.70. The summed E-state index contributed by atoms with van der Waals surface area (Å²) in [6, 6.07) is 10.1. The standard InChI is InChI=1S/C21H19FN4O2/c1-12(24-14-10-23-26(2)11-14)19-15-9-13(7-8-17(15)25-21(19)27)20-16(22)5-4-6-18(20)28-3/h4-11,25,27H,1-3H3. The van der Waals surface area contributed by atoms with Crippen LogP contribution in [0, 0.1) is 5.82 Å². The van der Waals surface area contributed by atoms with Crippen LogP contribution in [0.25, 0.3) is 22.0 Å². The average Bonchev–Trinajstić information content (AvgIpc) is 3.22. The normalized spacial score (nSPS) is 11.9. The van der Waals surface area contributed by atoms with Gasteiger partial charge in [0.2, 0.25) is 0 Å². The molecule has 0 aliphatic rings. The molecule has 0 aliphatic heterocycles. The second-order valence-electron chi connectivity index (χ2n) is 6.50. The molecule has 6 nitrogen and oxygen atoms in total. The zero-order chi connectivity index (χ0) is 19.8. The summed E-state index contributed by atoms with van der Waals surface area (Å²) in [7, 11) is 3.32. The smallest absolute Gasteiger partial charge is 0.198 e. The predicted octanol–water partition coefficient (Wildman–Crippen LogP) is 4.56. The Morgan fingerprint density at radius 2 is 2.11 bits per heavy atom. The number of fused-ring (bicyclic) bond motifs is 1. The van der Waals surface area contributed by atoms with Crippen LogP contribution in [0.4, 0.5) is 10.1 Å². The highest BCUT2D eigenvalue weighted by molar-refractivity contribution is 6.13. The van der Waals surface area contributed by atoms with Crippen LogP contribution < -0.4 is 4.74 Å². The van der Waals surface area contributed by atoms with Gasteiger partial charge in [0.05, 0.1) is 36.3 Å². The van der Waals surface area contributed by atoms with Gasteiger partial charge in [-0.2, -0.15) is 5.10 Å². The van der Waals surface area contributed by atoms with E-state index in [0.29, 0.717) is 33.8 Å². The minimum atomic E-state index is -0.374. The topological polar surface area (TPSA) is 75.4 Å². The highest BCUT2D eigenvalue weighted by Gasteiger charge is 2.17. The summed E-state index contributed by atoms with van der Waals surface area (Å²) in [5.74, 6) is 0.0833. The molecule has 0 saturated carbocycles. The van der Waals surface area contributed by atoms with E-state index in [9.17, 15) is 9.50 Å². The Morgan fingerprint density at radius 1 is 1.29 bits per heavy atom. The van der Waals surface area contributed by atoms with Crippen LogP contribution in [-0.2, 0) is 7.05 Å². The Labute approximate surface area is 160 Å². The van der Waals surface area contributed by atoms with E-state index in [1.165, 1.54) is 13.2 Å². The number of aromatic amines is 1. The maximum absolute atomic E-state index is 14.5.